The number of hydrogen-bond donors (Lipinski definition) is 3. The summed E-state index contributed by atoms with van der Waals surface area (Å²) in [4.78, 5) is -0.154. The summed E-state index contributed by atoms with van der Waals surface area (Å²) in [5.41, 5.74) is 10.2. The number of hydrogen-bond acceptors (Lipinski definition) is 4. The average molecular weight is 321 g/mol. The van der Waals surface area contributed by atoms with Crippen molar-refractivity contribution in [1.29, 1.82) is 0 Å². The third kappa shape index (κ3) is 4.08. The number of nitrogens with one attached hydrogen (secondary N) is 1. The Bertz CT molecular complexity index is 703. The largest absolute Gasteiger partial charge is 0.369 e. The monoisotopic (exact) mass is 321 g/mol. The molecule has 11 heteroatoms. The van der Waals surface area contributed by atoms with Gasteiger partial charge in [-0.1, -0.05) is 0 Å². The number of benzene rings is 1. The van der Waals surface area contributed by atoms with Crippen molar-refractivity contribution in [3.05, 3.63) is 24.3 Å². The highest BCUT2D eigenvalue weighted by atomic mass is 32.2. The smallest absolute Gasteiger partial charge is 0.301 e. The van der Waals surface area contributed by atoms with E-state index in [1.165, 1.54) is 38.4 Å². The van der Waals surface area contributed by atoms with Crippen molar-refractivity contribution in [2.75, 3.05) is 18.8 Å². The molecule has 0 fully saturated rings. The van der Waals surface area contributed by atoms with Gasteiger partial charge in [-0.3, -0.25) is 4.72 Å². The second-order valence-corrected chi connectivity index (χ2v) is 7.39. The van der Waals surface area contributed by atoms with E-state index in [1.807, 2.05) is 0 Å². The van der Waals surface area contributed by atoms with Crippen LogP contribution in [0.25, 0.3) is 0 Å². The highest BCUT2D eigenvalue weighted by Gasteiger charge is 2.15. The highest BCUT2D eigenvalue weighted by molar-refractivity contribution is 7.90. The molecular formula is C9H15N5O4S2. The lowest BCUT2D eigenvalue weighted by Crippen LogP contribution is -2.28. The summed E-state index contributed by atoms with van der Waals surface area (Å²) in [6.45, 7) is 0. The van der Waals surface area contributed by atoms with E-state index in [1.54, 1.807) is 0 Å². The number of nitrogens with two attached hydrogens (primary N) is 2. The maximum atomic E-state index is 11.7. The Labute approximate surface area is 117 Å². The van der Waals surface area contributed by atoms with Gasteiger partial charge in [0.1, 0.15) is 0 Å². The number of guanidine groups is 1. The van der Waals surface area contributed by atoms with E-state index in [0.29, 0.717) is 0 Å². The summed E-state index contributed by atoms with van der Waals surface area (Å²) in [6.07, 6.45) is 0. The molecule has 0 bridgehead atoms. The first kappa shape index (κ1) is 16.2. The van der Waals surface area contributed by atoms with Crippen molar-refractivity contribution in [2.45, 2.75) is 4.90 Å². The molecule has 9 nitrogen and oxygen atoms in total. The predicted molar refractivity (Wildman–Crippen MR) is 75.7 cm³/mol. The fourth-order valence-electron chi connectivity index (χ4n) is 1.13. The van der Waals surface area contributed by atoms with E-state index in [9.17, 15) is 16.8 Å². The van der Waals surface area contributed by atoms with E-state index >= 15 is 0 Å². The first-order valence-electron chi connectivity index (χ1n) is 5.21. The molecule has 0 aromatic heterocycles. The number of anilines is 1. The SMILES string of the molecule is CN(C)S(=O)(=O)Nc1ccc(S(=O)(=O)N=C(N)N)cc1. The van der Waals surface area contributed by atoms with Crippen molar-refractivity contribution in [3.63, 3.8) is 0 Å². The third-order valence-electron chi connectivity index (χ3n) is 2.11. The first-order valence-corrected chi connectivity index (χ1v) is 8.09. The molecule has 0 atom stereocenters. The number of nitrogens with zero attached hydrogens (tertiary/aromatic N) is 2. The van der Waals surface area contributed by atoms with Gasteiger partial charge in [0.25, 0.3) is 10.0 Å². The molecule has 0 unspecified atom stereocenters. The molecule has 112 valence electrons. The maximum absolute atomic E-state index is 11.7. The van der Waals surface area contributed by atoms with Crippen molar-refractivity contribution >= 4 is 31.9 Å². The van der Waals surface area contributed by atoms with Crippen molar-refractivity contribution < 1.29 is 16.8 Å². The van der Waals surface area contributed by atoms with Crippen LogP contribution < -0.4 is 16.2 Å². The molecule has 0 spiro atoms. The van der Waals surface area contributed by atoms with Gasteiger partial charge in [0.05, 0.1) is 4.90 Å². The molecule has 5 N–H and O–H groups in total. The molecule has 0 aliphatic rings. The lowest BCUT2D eigenvalue weighted by molar-refractivity contribution is 0.527. The third-order valence-corrected chi connectivity index (χ3v) is 4.88. The topological polar surface area (TPSA) is 148 Å². The Morgan fingerprint density at radius 3 is 2.00 bits per heavy atom. The van der Waals surface area contributed by atoms with Gasteiger partial charge in [0.15, 0.2) is 0 Å². The van der Waals surface area contributed by atoms with Crippen molar-refractivity contribution in [2.24, 2.45) is 15.9 Å². The zero-order chi connectivity index (χ0) is 15.6. The summed E-state index contributed by atoms with van der Waals surface area (Å²) in [7, 11) is -4.92. The van der Waals surface area contributed by atoms with E-state index in [-0.39, 0.29) is 10.6 Å². The molecule has 0 radical (unpaired) electrons. The Balaban J connectivity index is 3.05. The molecule has 0 aliphatic carbocycles. The molecule has 0 saturated heterocycles. The zero-order valence-electron chi connectivity index (χ0n) is 10.8. The second-order valence-electron chi connectivity index (χ2n) is 3.91. The highest BCUT2D eigenvalue weighted by Crippen LogP contribution is 2.17. The van der Waals surface area contributed by atoms with Gasteiger partial charge >= 0.3 is 10.2 Å². The van der Waals surface area contributed by atoms with Gasteiger partial charge < -0.3 is 11.5 Å². The zero-order valence-corrected chi connectivity index (χ0v) is 12.4. The molecule has 1 aromatic rings. The fourth-order valence-corrected chi connectivity index (χ4v) is 2.61. The van der Waals surface area contributed by atoms with Crippen molar-refractivity contribution in [3.8, 4) is 0 Å². The fraction of sp³-hybridized carbons (Fsp3) is 0.222. The van der Waals surface area contributed by atoms with Crippen LogP contribution in [0.15, 0.2) is 33.6 Å². The number of sulfonamides is 1. The molecule has 1 rings (SSSR count). The minimum atomic E-state index is -3.99. The summed E-state index contributed by atoms with van der Waals surface area (Å²) in [6, 6.07) is 4.96. The van der Waals surface area contributed by atoms with Gasteiger partial charge in [-0.05, 0) is 24.3 Å². The molecule has 0 saturated carbocycles. The summed E-state index contributed by atoms with van der Waals surface area (Å²) in [5, 5.41) is 0. The van der Waals surface area contributed by atoms with Crippen LogP contribution in [-0.2, 0) is 20.2 Å². The van der Waals surface area contributed by atoms with Crippen LogP contribution in [0.2, 0.25) is 0 Å². The van der Waals surface area contributed by atoms with E-state index < -0.39 is 26.2 Å². The van der Waals surface area contributed by atoms with Gasteiger partial charge in [-0.25, -0.2) is 0 Å². The van der Waals surface area contributed by atoms with Crippen LogP contribution in [0, 0.1) is 0 Å². The van der Waals surface area contributed by atoms with Crippen LogP contribution in [-0.4, -0.2) is 41.2 Å². The van der Waals surface area contributed by atoms with Gasteiger partial charge in [0.2, 0.25) is 5.96 Å². The van der Waals surface area contributed by atoms with Gasteiger partial charge in [-0.2, -0.15) is 21.1 Å². The standard InChI is InChI=1S/C9H15N5O4S2/c1-14(2)20(17,18)12-7-3-5-8(6-4-7)19(15,16)13-9(10)11/h3-6,12H,1-2H3,(H4,10,11,13). The van der Waals surface area contributed by atoms with Crippen LogP contribution in [0.4, 0.5) is 5.69 Å². The predicted octanol–water partition coefficient (Wildman–Crippen LogP) is -1.13. The van der Waals surface area contributed by atoms with Crippen LogP contribution in [0.3, 0.4) is 0 Å². The van der Waals surface area contributed by atoms with E-state index in [0.717, 1.165) is 4.31 Å². The minimum Gasteiger partial charge on any atom is -0.369 e. The Kier molecular flexibility index (Phi) is 4.57. The molecule has 0 heterocycles. The molecule has 0 amide bonds. The Hall–Kier alpha value is -1.85. The molecule has 1 aromatic carbocycles. The van der Waals surface area contributed by atoms with Crippen molar-refractivity contribution in [1.82, 2.24) is 4.31 Å². The Morgan fingerprint density at radius 1 is 1.10 bits per heavy atom. The maximum Gasteiger partial charge on any atom is 0.301 e. The summed E-state index contributed by atoms with van der Waals surface area (Å²) >= 11 is 0. The minimum absolute atomic E-state index is 0.154. The van der Waals surface area contributed by atoms with Gasteiger partial charge in [0, 0.05) is 19.8 Å². The summed E-state index contributed by atoms with van der Waals surface area (Å²) < 4.78 is 52.8. The average Bonchev–Trinajstić information content (AvgIpc) is 2.27. The Morgan fingerprint density at radius 2 is 1.60 bits per heavy atom. The summed E-state index contributed by atoms with van der Waals surface area (Å²) in [5.74, 6) is -0.581. The lowest BCUT2D eigenvalue weighted by Gasteiger charge is -2.13. The second kappa shape index (κ2) is 5.64. The quantitative estimate of drug-likeness (QED) is 0.461. The lowest BCUT2D eigenvalue weighted by atomic mass is 10.3. The van der Waals surface area contributed by atoms with E-state index in [2.05, 4.69) is 9.12 Å². The van der Waals surface area contributed by atoms with Gasteiger partial charge in [-0.15, -0.1) is 4.40 Å². The van der Waals surface area contributed by atoms with Crippen LogP contribution >= 0.6 is 0 Å². The van der Waals surface area contributed by atoms with Crippen LogP contribution in [0.5, 0.6) is 0 Å². The molecule has 20 heavy (non-hydrogen) atoms. The molecule has 0 aliphatic heterocycles. The first-order chi connectivity index (χ1) is 9.04. The normalized spacial score (nSPS) is 12.2. The number of rotatable bonds is 5. The molecular weight excluding hydrogens is 306 g/mol. The van der Waals surface area contributed by atoms with Crippen LogP contribution in [0.1, 0.15) is 0 Å². The van der Waals surface area contributed by atoms with E-state index in [4.69, 9.17) is 11.5 Å².